The van der Waals surface area contributed by atoms with Gasteiger partial charge >= 0.3 is 0 Å². The summed E-state index contributed by atoms with van der Waals surface area (Å²) in [5.74, 6) is -0.136. The first-order chi connectivity index (χ1) is 13.9. The topological polar surface area (TPSA) is 57.7 Å². The number of carbonyl (C=O) groups excluding carboxylic acids is 1. The molecule has 1 amide bonds. The first kappa shape index (κ1) is 20.4. The van der Waals surface area contributed by atoms with Gasteiger partial charge in [0.25, 0.3) is 0 Å². The minimum Gasteiger partial charge on any atom is -0.309 e. The smallest absolute Gasteiger partial charge is 0.230 e. The van der Waals surface area contributed by atoms with Crippen LogP contribution in [-0.4, -0.2) is 37.8 Å². The van der Waals surface area contributed by atoms with E-state index in [-0.39, 0.29) is 23.6 Å². The third-order valence-electron chi connectivity index (χ3n) is 5.94. The number of rotatable bonds is 4. The summed E-state index contributed by atoms with van der Waals surface area (Å²) in [4.78, 5) is 15.1. The van der Waals surface area contributed by atoms with Crippen molar-refractivity contribution in [3.63, 3.8) is 0 Å². The molecule has 2 aliphatic rings. The average Bonchev–Trinajstić information content (AvgIpc) is 3.05. The van der Waals surface area contributed by atoms with Gasteiger partial charge in [0.05, 0.1) is 5.75 Å². The molecule has 29 heavy (non-hydrogen) atoms. The number of carbonyl (C=O) groups is 1. The fourth-order valence-electron chi connectivity index (χ4n) is 4.38. The zero-order chi connectivity index (χ0) is 20.6. The molecular formula is C22H25ClN2O3S. The number of amides is 1. The van der Waals surface area contributed by atoms with Crippen molar-refractivity contribution in [2.45, 2.75) is 38.0 Å². The second kappa shape index (κ2) is 8.09. The molecule has 4 rings (SSSR count). The molecular weight excluding hydrogens is 408 g/mol. The first-order valence-corrected chi connectivity index (χ1v) is 12.0. The highest BCUT2D eigenvalue weighted by atomic mass is 35.5. The Morgan fingerprint density at radius 1 is 1.07 bits per heavy atom. The number of piperidine rings is 1. The highest BCUT2D eigenvalue weighted by Gasteiger charge is 2.37. The minimum absolute atomic E-state index is 0.109. The van der Waals surface area contributed by atoms with E-state index in [9.17, 15) is 13.2 Å². The van der Waals surface area contributed by atoms with Gasteiger partial charge in [0.15, 0.2) is 0 Å². The van der Waals surface area contributed by atoms with Crippen molar-refractivity contribution in [2.24, 2.45) is 5.92 Å². The van der Waals surface area contributed by atoms with Gasteiger partial charge < -0.3 is 4.90 Å². The fraction of sp³-hybridized carbons (Fsp3) is 0.409. The van der Waals surface area contributed by atoms with Crippen LogP contribution in [0.3, 0.4) is 0 Å². The lowest BCUT2D eigenvalue weighted by Gasteiger charge is -2.34. The largest absolute Gasteiger partial charge is 0.309 e. The molecule has 5 nitrogen and oxygen atoms in total. The van der Waals surface area contributed by atoms with E-state index >= 15 is 0 Å². The molecule has 0 radical (unpaired) electrons. The second-order valence-electron chi connectivity index (χ2n) is 7.91. The molecule has 0 saturated carbocycles. The van der Waals surface area contributed by atoms with Crippen LogP contribution in [0.1, 0.15) is 30.9 Å². The molecule has 7 heteroatoms. The molecule has 154 valence electrons. The summed E-state index contributed by atoms with van der Waals surface area (Å²) in [5, 5.41) is 0.461. The van der Waals surface area contributed by atoms with Crippen molar-refractivity contribution in [1.82, 2.24) is 4.31 Å². The molecule has 0 aliphatic carbocycles. The van der Waals surface area contributed by atoms with E-state index in [0.29, 0.717) is 36.5 Å². The second-order valence-corrected chi connectivity index (χ2v) is 10.3. The van der Waals surface area contributed by atoms with Crippen LogP contribution in [0, 0.1) is 5.92 Å². The van der Waals surface area contributed by atoms with Crippen LogP contribution in [0.5, 0.6) is 0 Å². The monoisotopic (exact) mass is 432 g/mol. The number of benzene rings is 2. The van der Waals surface area contributed by atoms with Crippen LogP contribution >= 0.6 is 11.6 Å². The van der Waals surface area contributed by atoms with Crippen molar-refractivity contribution in [1.29, 1.82) is 0 Å². The summed E-state index contributed by atoms with van der Waals surface area (Å²) in [7, 11) is -3.46. The van der Waals surface area contributed by atoms with E-state index in [1.54, 1.807) is 24.3 Å². The number of anilines is 1. The molecule has 2 aromatic carbocycles. The molecule has 0 spiro atoms. The lowest BCUT2D eigenvalue weighted by atomic mass is 9.96. The lowest BCUT2D eigenvalue weighted by Crippen LogP contribution is -2.46. The standard InChI is InChI=1S/C22H25ClN2O3S/c1-16-14-18-6-3-5-9-21(18)25(16)22(26)17-10-12-24(13-11-17)29(27,28)15-19-7-2-4-8-20(19)23/h2-9,16-17H,10-15H2,1H3. The number of nitrogens with zero attached hydrogens (tertiary/aromatic N) is 2. The maximum absolute atomic E-state index is 13.2. The Labute approximate surface area is 177 Å². The molecule has 2 heterocycles. The number of hydrogen-bond donors (Lipinski definition) is 0. The Balaban J connectivity index is 1.42. The summed E-state index contributed by atoms with van der Waals surface area (Å²) in [6, 6.07) is 15.2. The summed E-state index contributed by atoms with van der Waals surface area (Å²) in [6.45, 7) is 2.81. The Bertz CT molecular complexity index is 1020. The van der Waals surface area contributed by atoms with Crippen molar-refractivity contribution in [2.75, 3.05) is 18.0 Å². The maximum Gasteiger partial charge on any atom is 0.230 e. The number of para-hydroxylation sites is 1. The summed E-state index contributed by atoms with van der Waals surface area (Å²) >= 11 is 6.13. The Kier molecular flexibility index (Phi) is 5.69. The Morgan fingerprint density at radius 3 is 2.45 bits per heavy atom. The molecule has 1 atom stereocenters. The van der Waals surface area contributed by atoms with E-state index < -0.39 is 10.0 Å². The predicted octanol–water partition coefficient (Wildman–Crippen LogP) is 3.86. The van der Waals surface area contributed by atoms with Crippen molar-refractivity contribution >= 4 is 33.2 Å². The van der Waals surface area contributed by atoms with Gasteiger partial charge in [-0.2, -0.15) is 0 Å². The van der Waals surface area contributed by atoms with Crippen LogP contribution in [0.2, 0.25) is 5.02 Å². The van der Waals surface area contributed by atoms with Gasteiger partial charge in [-0.3, -0.25) is 4.79 Å². The zero-order valence-electron chi connectivity index (χ0n) is 16.4. The van der Waals surface area contributed by atoms with Crippen molar-refractivity contribution < 1.29 is 13.2 Å². The van der Waals surface area contributed by atoms with Crippen LogP contribution in [0.25, 0.3) is 0 Å². The van der Waals surface area contributed by atoms with Crippen LogP contribution < -0.4 is 4.90 Å². The molecule has 1 fully saturated rings. The highest BCUT2D eigenvalue weighted by molar-refractivity contribution is 7.88. The molecule has 2 aliphatic heterocycles. The fourth-order valence-corrected chi connectivity index (χ4v) is 6.26. The van der Waals surface area contributed by atoms with Gasteiger partial charge in [-0.1, -0.05) is 48.0 Å². The molecule has 1 saturated heterocycles. The maximum atomic E-state index is 13.2. The summed E-state index contributed by atoms with van der Waals surface area (Å²) < 4.78 is 27.2. The van der Waals surface area contributed by atoms with Gasteiger partial charge in [0.2, 0.25) is 15.9 Å². The van der Waals surface area contributed by atoms with Gasteiger partial charge in [0, 0.05) is 35.8 Å². The van der Waals surface area contributed by atoms with E-state index in [2.05, 4.69) is 13.0 Å². The van der Waals surface area contributed by atoms with Crippen LogP contribution in [-0.2, 0) is 27.0 Å². The number of halogens is 1. The first-order valence-electron chi connectivity index (χ1n) is 9.99. The van der Waals surface area contributed by atoms with E-state index in [1.807, 2.05) is 23.1 Å². The SMILES string of the molecule is CC1Cc2ccccc2N1C(=O)C1CCN(S(=O)(=O)Cc2ccccc2Cl)CC1. The quantitative estimate of drug-likeness (QED) is 0.737. The number of hydrogen-bond acceptors (Lipinski definition) is 3. The van der Waals surface area contributed by atoms with E-state index in [0.717, 1.165) is 12.1 Å². The summed E-state index contributed by atoms with van der Waals surface area (Å²) in [6.07, 6.45) is 1.96. The van der Waals surface area contributed by atoms with Gasteiger partial charge in [-0.15, -0.1) is 0 Å². The third-order valence-corrected chi connectivity index (χ3v) is 8.13. The van der Waals surface area contributed by atoms with Crippen LogP contribution in [0.4, 0.5) is 5.69 Å². The molecule has 1 unspecified atom stereocenters. The molecule has 2 aromatic rings. The lowest BCUT2D eigenvalue weighted by molar-refractivity contribution is -0.123. The average molecular weight is 433 g/mol. The van der Waals surface area contributed by atoms with E-state index in [1.165, 1.54) is 9.87 Å². The highest BCUT2D eigenvalue weighted by Crippen LogP contribution is 2.35. The normalized spacial score (nSPS) is 20.6. The van der Waals surface area contributed by atoms with Crippen LogP contribution in [0.15, 0.2) is 48.5 Å². The Hall–Kier alpha value is -1.89. The third kappa shape index (κ3) is 4.06. The minimum atomic E-state index is -3.46. The zero-order valence-corrected chi connectivity index (χ0v) is 18.0. The number of sulfonamides is 1. The molecule has 0 aromatic heterocycles. The van der Waals surface area contributed by atoms with Crippen molar-refractivity contribution in [3.8, 4) is 0 Å². The van der Waals surface area contributed by atoms with Gasteiger partial charge in [-0.05, 0) is 49.4 Å². The van der Waals surface area contributed by atoms with Gasteiger partial charge in [-0.25, -0.2) is 12.7 Å². The summed E-state index contributed by atoms with van der Waals surface area (Å²) in [5.41, 5.74) is 2.81. The van der Waals surface area contributed by atoms with Crippen molar-refractivity contribution in [3.05, 3.63) is 64.7 Å². The van der Waals surface area contributed by atoms with Gasteiger partial charge in [0.1, 0.15) is 0 Å². The predicted molar refractivity (Wildman–Crippen MR) is 115 cm³/mol. The number of fused-ring (bicyclic) bond motifs is 1. The Morgan fingerprint density at radius 2 is 1.72 bits per heavy atom. The van der Waals surface area contributed by atoms with E-state index in [4.69, 9.17) is 11.6 Å². The molecule has 0 N–H and O–H groups in total. The molecule has 0 bridgehead atoms.